The minimum atomic E-state index is 0.721. The van der Waals surface area contributed by atoms with Crippen molar-refractivity contribution in [2.45, 2.75) is 10.8 Å². The number of para-hydroxylation sites is 1. The molecule has 0 spiro atoms. The lowest BCUT2D eigenvalue weighted by Gasteiger charge is -2.05. The van der Waals surface area contributed by atoms with Gasteiger partial charge in [-0.05, 0) is 17.7 Å². The van der Waals surface area contributed by atoms with E-state index < -0.39 is 0 Å². The van der Waals surface area contributed by atoms with Gasteiger partial charge in [0, 0.05) is 11.1 Å². The normalized spacial score (nSPS) is 10.3. The zero-order valence-corrected chi connectivity index (χ0v) is 11.5. The Hall–Kier alpha value is -2.38. The third-order valence-corrected chi connectivity index (χ3v) is 4.06. The van der Waals surface area contributed by atoms with Crippen molar-refractivity contribution in [3.05, 3.63) is 66.0 Å². The second-order valence-electron chi connectivity index (χ2n) is 4.25. The molecule has 4 heteroatoms. The molecule has 0 bridgehead atoms. The molecule has 96 valence electrons. The van der Waals surface area contributed by atoms with Gasteiger partial charge in [0.1, 0.15) is 11.4 Å². The molecule has 1 heterocycles. The summed E-state index contributed by atoms with van der Waals surface area (Å²) in [6.45, 7) is 0. The number of hydrogen-bond acceptors (Lipinski definition) is 4. The number of thioether (sulfide) groups is 1. The molecule has 3 aromatic rings. The number of benzene rings is 2. The third kappa shape index (κ3) is 2.49. The van der Waals surface area contributed by atoms with Crippen molar-refractivity contribution in [3.8, 4) is 6.07 Å². The summed E-state index contributed by atoms with van der Waals surface area (Å²) in [6.07, 6.45) is 1.58. The molecule has 0 saturated carbocycles. The quantitative estimate of drug-likeness (QED) is 0.540. The second kappa shape index (κ2) is 5.72. The summed E-state index contributed by atoms with van der Waals surface area (Å²) in [7, 11) is 0. The SMILES string of the molecule is N#Cc1ccccc1CSc1ncnc2ccccc12. The molecule has 3 nitrogen and oxygen atoms in total. The van der Waals surface area contributed by atoms with Crippen LogP contribution in [0.2, 0.25) is 0 Å². The van der Waals surface area contributed by atoms with E-state index in [9.17, 15) is 0 Å². The summed E-state index contributed by atoms with van der Waals surface area (Å²) in [5.74, 6) is 0.727. The topological polar surface area (TPSA) is 49.6 Å². The molecule has 1 aromatic heterocycles. The maximum Gasteiger partial charge on any atom is 0.117 e. The average Bonchev–Trinajstić information content (AvgIpc) is 2.53. The van der Waals surface area contributed by atoms with E-state index in [-0.39, 0.29) is 0 Å². The standard InChI is InChI=1S/C16H11N3S/c17-9-12-5-1-2-6-13(12)10-20-16-14-7-3-4-8-15(14)18-11-19-16/h1-8,11H,10H2. The summed E-state index contributed by atoms with van der Waals surface area (Å²) >= 11 is 1.63. The number of rotatable bonds is 3. The fraction of sp³-hybridized carbons (Fsp3) is 0.0625. The smallest absolute Gasteiger partial charge is 0.117 e. The monoisotopic (exact) mass is 277 g/mol. The van der Waals surface area contributed by atoms with E-state index in [0.717, 1.165) is 32.8 Å². The lowest BCUT2D eigenvalue weighted by atomic mass is 10.1. The summed E-state index contributed by atoms with van der Waals surface area (Å²) in [5.41, 5.74) is 2.69. The second-order valence-corrected chi connectivity index (χ2v) is 5.22. The molecule has 0 aliphatic heterocycles. The van der Waals surface area contributed by atoms with Gasteiger partial charge in [0.05, 0.1) is 17.1 Å². The van der Waals surface area contributed by atoms with E-state index in [1.807, 2.05) is 48.5 Å². The van der Waals surface area contributed by atoms with Crippen LogP contribution in [0.25, 0.3) is 10.9 Å². The van der Waals surface area contributed by atoms with Gasteiger partial charge in [0.15, 0.2) is 0 Å². The Balaban J connectivity index is 1.89. The van der Waals surface area contributed by atoms with Crippen molar-refractivity contribution < 1.29 is 0 Å². The average molecular weight is 277 g/mol. The largest absolute Gasteiger partial charge is 0.236 e. The van der Waals surface area contributed by atoms with Gasteiger partial charge in [0.2, 0.25) is 0 Å². The van der Waals surface area contributed by atoms with Crippen LogP contribution in [0, 0.1) is 11.3 Å². The summed E-state index contributed by atoms with van der Waals surface area (Å²) in [6, 6.07) is 17.8. The number of nitrogens with zero attached hydrogens (tertiary/aromatic N) is 3. The van der Waals surface area contributed by atoms with Gasteiger partial charge in [-0.1, -0.05) is 36.4 Å². The lowest BCUT2D eigenvalue weighted by molar-refractivity contribution is 1.10. The van der Waals surface area contributed by atoms with Gasteiger partial charge in [0.25, 0.3) is 0 Å². The van der Waals surface area contributed by atoms with Gasteiger partial charge < -0.3 is 0 Å². The van der Waals surface area contributed by atoms with E-state index in [0.29, 0.717) is 0 Å². The number of aromatic nitrogens is 2. The highest BCUT2D eigenvalue weighted by molar-refractivity contribution is 7.98. The van der Waals surface area contributed by atoms with Crippen molar-refractivity contribution in [1.82, 2.24) is 9.97 Å². The Bertz CT molecular complexity index is 788. The van der Waals surface area contributed by atoms with Crippen molar-refractivity contribution in [2.75, 3.05) is 0 Å². The fourth-order valence-corrected chi connectivity index (χ4v) is 2.99. The fourth-order valence-electron chi connectivity index (χ4n) is 2.00. The van der Waals surface area contributed by atoms with Gasteiger partial charge in [-0.2, -0.15) is 5.26 Å². The van der Waals surface area contributed by atoms with E-state index >= 15 is 0 Å². The van der Waals surface area contributed by atoms with Crippen LogP contribution in [-0.2, 0) is 5.75 Å². The summed E-state index contributed by atoms with van der Waals surface area (Å²) < 4.78 is 0. The number of fused-ring (bicyclic) bond motifs is 1. The Morgan fingerprint density at radius 1 is 1.00 bits per heavy atom. The minimum Gasteiger partial charge on any atom is -0.236 e. The molecule has 0 saturated heterocycles. The van der Waals surface area contributed by atoms with E-state index in [2.05, 4.69) is 16.0 Å². The molecule has 0 N–H and O–H groups in total. The molecule has 0 atom stereocenters. The molecule has 0 radical (unpaired) electrons. The van der Waals surface area contributed by atoms with Crippen LogP contribution in [0.5, 0.6) is 0 Å². The Labute approximate surface area is 121 Å². The molecule has 0 unspecified atom stereocenters. The first-order valence-corrected chi connectivity index (χ1v) is 7.17. The summed E-state index contributed by atoms with van der Waals surface area (Å²) in [5, 5.41) is 11.1. The Kier molecular flexibility index (Phi) is 3.62. The zero-order chi connectivity index (χ0) is 13.8. The van der Waals surface area contributed by atoms with E-state index in [4.69, 9.17) is 5.26 Å². The van der Waals surface area contributed by atoms with Gasteiger partial charge in [-0.25, -0.2) is 9.97 Å². The maximum atomic E-state index is 9.10. The molecular weight excluding hydrogens is 266 g/mol. The molecule has 0 amide bonds. The predicted molar refractivity (Wildman–Crippen MR) is 80.3 cm³/mol. The predicted octanol–water partition coefficient (Wildman–Crippen LogP) is 3.79. The van der Waals surface area contributed by atoms with Crippen molar-refractivity contribution in [3.63, 3.8) is 0 Å². The van der Waals surface area contributed by atoms with E-state index in [1.54, 1.807) is 18.1 Å². The molecule has 3 rings (SSSR count). The Morgan fingerprint density at radius 2 is 1.80 bits per heavy atom. The van der Waals surface area contributed by atoms with E-state index in [1.165, 1.54) is 0 Å². The maximum absolute atomic E-state index is 9.10. The molecule has 2 aromatic carbocycles. The van der Waals surface area contributed by atoms with Crippen LogP contribution in [0.3, 0.4) is 0 Å². The molecular formula is C16H11N3S. The molecule has 0 aliphatic carbocycles. The van der Waals surface area contributed by atoms with Crippen LogP contribution < -0.4 is 0 Å². The first-order valence-electron chi connectivity index (χ1n) is 6.19. The zero-order valence-electron chi connectivity index (χ0n) is 10.7. The van der Waals surface area contributed by atoms with Crippen LogP contribution >= 0.6 is 11.8 Å². The van der Waals surface area contributed by atoms with Crippen LogP contribution in [0.1, 0.15) is 11.1 Å². The first kappa shape index (κ1) is 12.6. The highest BCUT2D eigenvalue weighted by Gasteiger charge is 2.06. The van der Waals surface area contributed by atoms with Gasteiger partial charge in [-0.3, -0.25) is 0 Å². The van der Waals surface area contributed by atoms with Crippen LogP contribution in [-0.4, -0.2) is 9.97 Å². The highest BCUT2D eigenvalue weighted by Crippen LogP contribution is 2.27. The van der Waals surface area contributed by atoms with Crippen molar-refractivity contribution in [2.24, 2.45) is 0 Å². The molecule has 0 aliphatic rings. The number of hydrogen-bond donors (Lipinski definition) is 0. The third-order valence-electron chi connectivity index (χ3n) is 3.01. The highest BCUT2D eigenvalue weighted by atomic mass is 32.2. The first-order chi connectivity index (χ1) is 9.88. The minimum absolute atomic E-state index is 0.721. The summed E-state index contributed by atoms with van der Waals surface area (Å²) in [4.78, 5) is 8.60. The lowest BCUT2D eigenvalue weighted by Crippen LogP contribution is -1.90. The van der Waals surface area contributed by atoms with Gasteiger partial charge in [-0.15, -0.1) is 11.8 Å². The van der Waals surface area contributed by atoms with Crippen molar-refractivity contribution >= 4 is 22.7 Å². The Morgan fingerprint density at radius 3 is 2.70 bits per heavy atom. The van der Waals surface area contributed by atoms with Crippen LogP contribution in [0.4, 0.5) is 0 Å². The molecule has 20 heavy (non-hydrogen) atoms. The van der Waals surface area contributed by atoms with Crippen molar-refractivity contribution in [1.29, 1.82) is 5.26 Å². The van der Waals surface area contributed by atoms with Gasteiger partial charge >= 0.3 is 0 Å². The number of nitriles is 1. The molecule has 0 fully saturated rings. The van der Waals surface area contributed by atoms with Crippen LogP contribution in [0.15, 0.2) is 59.9 Å².